The minimum Gasteiger partial charge on any atom is -0.359 e. The monoisotopic (exact) mass is 257 g/mol. The lowest BCUT2D eigenvalue weighted by Gasteiger charge is -2.29. The van der Waals surface area contributed by atoms with Crippen LogP contribution in [-0.2, 0) is 6.54 Å². The van der Waals surface area contributed by atoms with Gasteiger partial charge in [-0.2, -0.15) is 0 Å². The number of likely N-dealkylation sites (tertiary alicyclic amines) is 1. The lowest BCUT2D eigenvalue weighted by atomic mass is 10.1. The second kappa shape index (κ2) is 5.55. The van der Waals surface area contributed by atoms with Crippen LogP contribution in [0.5, 0.6) is 0 Å². The molecule has 0 amide bonds. The van der Waals surface area contributed by atoms with Gasteiger partial charge in [0.25, 0.3) is 0 Å². The van der Waals surface area contributed by atoms with Crippen LogP contribution in [0.25, 0.3) is 11.3 Å². The molecule has 0 bridgehead atoms. The van der Waals surface area contributed by atoms with Gasteiger partial charge in [0.1, 0.15) is 5.69 Å². The van der Waals surface area contributed by atoms with Gasteiger partial charge in [0, 0.05) is 24.2 Å². The van der Waals surface area contributed by atoms with Crippen LogP contribution < -0.4 is 5.73 Å². The van der Waals surface area contributed by atoms with Crippen LogP contribution in [0.1, 0.15) is 18.6 Å². The molecule has 1 aliphatic heterocycles. The van der Waals surface area contributed by atoms with E-state index in [9.17, 15) is 0 Å². The fourth-order valence-corrected chi connectivity index (χ4v) is 2.59. The zero-order chi connectivity index (χ0) is 13.1. The molecule has 1 fully saturated rings. The average molecular weight is 257 g/mol. The maximum Gasteiger partial charge on any atom is 0.151 e. The number of nitrogens with two attached hydrogens (primary N) is 1. The van der Waals surface area contributed by atoms with E-state index in [0.29, 0.717) is 6.04 Å². The molecule has 100 valence electrons. The minimum atomic E-state index is 0.297. The summed E-state index contributed by atoms with van der Waals surface area (Å²) in [7, 11) is 0. The predicted molar refractivity (Wildman–Crippen MR) is 74.4 cm³/mol. The lowest BCUT2D eigenvalue weighted by Crippen LogP contribution is -2.42. The molecule has 0 radical (unpaired) electrons. The molecule has 1 saturated heterocycles. The highest BCUT2D eigenvalue weighted by atomic mass is 16.5. The quantitative estimate of drug-likeness (QED) is 0.916. The molecule has 19 heavy (non-hydrogen) atoms. The van der Waals surface area contributed by atoms with Gasteiger partial charge in [0.05, 0.1) is 6.54 Å². The van der Waals surface area contributed by atoms with E-state index in [-0.39, 0.29) is 0 Å². The maximum atomic E-state index is 5.99. The largest absolute Gasteiger partial charge is 0.359 e. The second-order valence-electron chi connectivity index (χ2n) is 5.18. The smallest absolute Gasteiger partial charge is 0.151 e. The van der Waals surface area contributed by atoms with Crippen molar-refractivity contribution in [3.05, 3.63) is 42.2 Å². The molecule has 1 aromatic heterocycles. The van der Waals surface area contributed by atoms with Crippen LogP contribution in [0.3, 0.4) is 0 Å². The standard InChI is InChI=1S/C15H19N3O/c16-13-7-4-8-18(10-13)11-14-9-15(17-19-14)12-5-2-1-3-6-12/h1-3,5-6,9,13H,4,7-8,10-11,16H2. The van der Waals surface area contributed by atoms with Crippen LogP contribution in [0, 0.1) is 0 Å². The molecular formula is C15H19N3O. The van der Waals surface area contributed by atoms with Crippen molar-refractivity contribution in [2.75, 3.05) is 13.1 Å². The van der Waals surface area contributed by atoms with Gasteiger partial charge in [-0.1, -0.05) is 35.5 Å². The Hall–Kier alpha value is -1.65. The van der Waals surface area contributed by atoms with Crippen molar-refractivity contribution in [1.82, 2.24) is 10.1 Å². The highest BCUT2D eigenvalue weighted by Gasteiger charge is 2.18. The number of piperidine rings is 1. The van der Waals surface area contributed by atoms with Gasteiger partial charge in [0.2, 0.25) is 0 Å². The molecule has 0 spiro atoms. The fourth-order valence-electron chi connectivity index (χ4n) is 2.59. The van der Waals surface area contributed by atoms with E-state index >= 15 is 0 Å². The Bertz CT molecular complexity index is 523. The normalized spacial score (nSPS) is 20.6. The summed E-state index contributed by atoms with van der Waals surface area (Å²) in [6, 6.07) is 12.4. The van der Waals surface area contributed by atoms with Crippen LogP contribution >= 0.6 is 0 Å². The molecule has 2 aromatic rings. The molecule has 0 aliphatic carbocycles. The van der Waals surface area contributed by atoms with E-state index in [2.05, 4.69) is 10.1 Å². The molecule has 1 atom stereocenters. The highest BCUT2D eigenvalue weighted by Crippen LogP contribution is 2.20. The second-order valence-corrected chi connectivity index (χ2v) is 5.18. The number of rotatable bonds is 3. The van der Waals surface area contributed by atoms with Crippen molar-refractivity contribution in [3.63, 3.8) is 0 Å². The third kappa shape index (κ3) is 3.03. The molecule has 1 aromatic carbocycles. The lowest BCUT2D eigenvalue weighted by molar-refractivity contribution is 0.181. The summed E-state index contributed by atoms with van der Waals surface area (Å²) in [5.74, 6) is 0.910. The SMILES string of the molecule is NC1CCCN(Cc2cc(-c3ccccc3)no2)C1. The van der Waals surface area contributed by atoms with Gasteiger partial charge < -0.3 is 10.3 Å². The number of hydrogen-bond acceptors (Lipinski definition) is 4. The summed E-state index contributed by atoms with van der Waals surface area (Å²) in [5.41, 5.74) is 7.98. The summed E-state index contributed by atoms with van der Waals surface area (Å²) in [6.45, 7) is 2.84. The average Bonchev–Trinajstić information content (AvgIpc) is 2.88. The number of hydrogen-bond donors (Lipinski definition) is 1. The Balaban J connectivity index is 1.68. The Morgan fingerprint density at radius 1 is 1.32 bits per heavy atom. The molecular weight excluding hydrogens is 238 g/mol. The molecule has 4 heteroatoms. The Morgan fingerprint density at radius 3 is 2.95 bits per heavy atom. The Labute approximate surface area is 113 Å². The van der Waals surface area contributed by atoms with E-state index in [1.54, 1.807) is 0 Å². The van der Waals surface area contributed by atoms with Gasteiger partial charge in [0.15, 0.2) is 5.76 Å². The molecule has 1 aliphatic rings. The first-order valence-corrected chi connectivity index (χ1v) is 6.80. The summed E-state index contributed by atoms with van der Waals surface area (Å²) >= 11 is 0. The van der Waals surface area contributed by atoms with Crippen molar-refractivity contribution in [2.45, 2.75) is 25.4 Å². The van der Waals surface area contributed by atoms with Gasteiger partial charge in [-0.05, 0) is 19.4 Å². The van der Waals surface area contributed by atoms with Gasteiger partial charge >= 0.3 is 0 Å². The number of aromatic nitrogens is 1. The van der Waals surface area contributed by atoms with Crippen LogP contribution in [0.15, 0.2) is 40.9 Å². The van der Waals surface area contributed by atoms with Gasteiger partial charge in [-0.15, -0.1) is 0 Å². The van der Waals surface area contributed by atoms with E-state index < -0.39 is 0 Å². The molecule has 2 N–H and O–H groups in total. The minimum absolute atomic E-state index is 0.297. The van der Waals surface area contributed by atoms with Gasteiger partial charge in [-0.3, -0.25) is 4.90 Å². The van der Waals surface area contributed by atoms with Crippen molar-refractivity contribution < 1.29 is 4.52 Å². The topological polar surface area (TPSA) is 55.3 Å². The van der Waals surface area contributed by atoms with E-state index in [4.69, 9.17) is 10.3 Å². The first-order chi connectivity index (χ1) is 9.31. The third-order valence-electron chi connectivity index (χ3n) is 3.55. The van der Waals surface area contributed by atoms with E-state index in [0.717, 1.165) is 43.1 Å². The number of nitrogens with zero attached hydrogens (tertiary/aromatic N) is 2. The first-order valence-electron chi connectivity index (χ1n) is 6.80. The van der Waals surface area contributed by atoms with Crippen molar-refractivity contribution in [3.8, 4) is 11.3 Å². The van der Waals surface area contributed by atoms with Crippen molar-refractivity contribution >= 4 is 0 Å². The van der Waals surface area contributed by atoms with Crippen molar-refractivity contribution in [1.29, 1.82) is 0 Å². The van der Waals surface area contributed by atoms with E-state index in [1.807, 2.05) is 36.4 Å². The first kappa shape index (κ1) is 12.4. The molecule has 2 heterocycles. The molecule has 3 rings (SSSR count). The third-order valence-corrected chi connectivity index (χ3v) is 3.55. The zero-order valence-corrected chi connectivity index (χ0v) is 11.0. The summed E-state index contributed by atoms with van der Waals surface area (Å²) < 4.78 is 5.42. The summed E-state index contributed by atoms with van der Waals surface area (Å²) in [5, 5.41) is 4.14. The molecule has 1 unspecified atom stereocenters. The predicted octanol–water partition coefficient (Wildman–Crippen LogP) is 2.26. The Morgan fingerprint density at radius 2 is 2.16 bits per heavy atom. The summed E-state index contributed by atoms with van der Waals surface area (Å²) in [4.78, 5) is 2.34. The maximum absolute atomic E-state index is 5.99. The highest BCUT2D eigenvalue weighted by molar-refractivity contribution is 5.58. The van der Waals surface area contributed by atoms with Crippen LogP contribution in [0.4, 0.5) is 0 Å². The van der Waals surface area contributed by atoms with Gasteiger partial charge in [-0.25, -0.2) is 0 Å². The molecule has 4 nitrogen and oxygen atoms in total. The Kier molecular flexibility index (Phi) is 3.62. The number of benzene rings is 1. The summed E-state index contributed by atoms with van der Waals surface area (Å²) in [6.07, 6.45) is 2.29. The zero-order valence-electron chi connectivity index (χ0n) is 11.0. The van der Waals surface area contributed by atoms with Crippen molar-refractivity contribution in [2.24, 2.45) is 5.73 Å². The van der Waals surface area contributed by atoms with Crippen LogP contribution in [0.2, 0.25) is 0 Å². The molecule has 0 saturated carbocycles. The van der Waals surface area contributed by atoms with E-state index in [1.165, 1.54) is 6.42 Å². The van der Waals surface area contributed by atoms with Crippen LogP contribution in [-0.4, -0.2) is 29.2 Å². The fraction of sp³-hybridized carbons (Fsp3) is 0.400.